The van der Waals surface area contributed by atoms with Crippen molar-refractivity contribution >= 4 is 0 Å². The molecule has 2 N–H and O–H groups in total. The molecule has 1 aromatic carbocycles. The third-order valence-corrected chi connectivity index (χ3v) is 2.79. The number of hydrogen-bond donors (Lipinski definition) is 2. The first-order chi connectivity index (χ1) is 8.78. The van der Waals surface area contributed by atoms with E-state index in [1.807, 2.05) is 18.0 Å². The van der Waals surface area contributed by atoms with Crippen LogP contribution in [0.5, 0.6) is 0 Å². The zero-order valence-electron chi connectivity index (χ0n) is 12.3. The Morgan fingerprint density at radius 2 is 1.95 bits per heavy atom. The Labute approximate surface area is 115 Å². The van der Waals surface area contributed by atoms with Gasteiger partial charge in [0.2, 0.25) is 0 Å². The molecule has 0 saturated heterocycles. The molecule has 0 aliphatic heterocycles. The zero-order chi connectivity index (χ0) is 14.5. The fourth-order valence-corrected chi connectivity index (χ4v) is 1.83. The molecular weight excluding hydrogens is 243 g/mol. The van der Waals surface area contributed by atoms with Gasteiger partial charge in [0.25, 0.3) is 0 Å². The van der Waals surface area contributed by atoms with Crippen LogP contribution < -0.4 is 5.32 Å². The molecule has 1 atom stereocenters. The van der Waals surface area contributed by atoms with Gasteiger partial charge in [0, 0.05) is 30.7 Å². The molecule has 0 bridgehead atoms. The molecule has 1 rings (SSSR count). The van der Waals surface area contributed by atoms with Crippen molar-refractivity contribution in [3.05, 3.63) is 35.6 Å². The summed E-state index contributed by atoms with van der Waals surface area (Å²) in [5.41, 5.74) is 0.645. The molecule has 0 fully saturated rings. The summed E-state index contributed by atoms with van der Waals surface area (Å²) in [5.74, 6) is -0.198. The minimum atomic E-state index is -0.462. The summed E-state index contributed by atoms with van der Waals surface area (Å²) in [7, 11) is 1.88. The first-order valence-electron chi connectivity index (χ1n) is 6.63. The van der Waals surface area contributed by atoms with Crippen molar-refractivity contribution in [3.8, 4) is 0 Å². The van der Waals surface area contributed by atoms with E-state index in [-0.39, 0.29) is 11.4 Å². The maximum Gasteiger partial charge on any atom is 0.127 e. The minimum absolute atomic E-state index is 0.00884. The van der Waals surface area contributed by atoms with Crippen molar-refractivity contribution in [1.82, 2.24) is 10.2 Å². The van der Waals surface area contributed by atoms with Gasteiger partial charge < -0.3 is 10.4 Å². The maximum absolute atomic E-state index is 13.5. The van der Waals surface area contributed by atoms with Gasteiger partial charge in [-0.05, 0) is 33.9 Å². The van der Waals surface area contributed by atoms with E-state index in [0.29, 0.717) is 25.2 Å². The molecule has 0 saturated carbocycles. The highest BCUT2D eigenvalue weighted by molar-refractivity contribution is 5.16. The van der Waals surface area contributed by atoms with Crippen molar-refractivity contribution in [1.29, 1.82) is 0 Å². The fraction of sp³-hybridized carbons (Fsp3) is 0.600. The largest absolute Gasteiger partial charge is 0.390 e. The number of aliphatic hydroxyl groups excluding tert-OH is 1. The topological polar surface area (TPSA) is 35.5 Å². The van der Waals surface area contributed by atoms with Crippen molar-refractivity contribution < 1.29 is 9.50 Å². The lowest BCUT2D eigenvalue weighted by molar-refractivity contribution is 0.114. The molecule has 0 aromatic heterocycles. The van der Waals surface area contributed by atoms with E-state index < -0.39 is 6.10 Å². The molecule has 0 heterocycles. The van der Waals surface area contributed by atoms with Crippen molar-refractivity contribution in [2.24, 2.45) is 0 Å². The van der Waals surface area contributed by atoms with Crippen LogP contribution in [0.15, 0.2) is 24.3 Å². The monoisotopic (exact) mass is 268 g/mol. The molecule has 0 aliphatic carbocycles. The normalized spacial score (nSPS) is 13.8. The molecule has 19 heavy (non-hydrogen) atoms. The van der Waals surface area contributed by atoms with Crippen LogP contribution in [-0.4, -0.2) is 41.8 Å². The quantitative estimate of drug-likeness (QED) is 0.828. The predicted octanol–water partition coefficient (Wildman–Crippen LogP) is 2.01. The number of β-amino-alcohol motifs (C(OH)–C–C–N with tert-alkyl or cyclic N) is 1. The Morgan fingerprint density at radius 1 is 1.32 bits per heavy atom. The predicted molar refractivity (Wildman–Crippen MR) is 76.5 cm³/mol. The number of likely N-dealkylation sites (N-methyl/N-ethyl adjacent to an activating group) is 1. The van der Waals surface area contributed by atoms with Crippen LogP contribution in [0.2, 0.25) is 0 Å². The van der Waals surface area contributed by atoms with Crippen LogP contribution in [0.25, 0.3) is 0 Å². The highest BCUT2D eigenvalue weighted by Crippen LogP contribution is 2.09. The lowest BCUT2D eigenvalue weighted by Gasteiger charge is -2.25. The Bertz CT molecular complexity index is 390. The summed E-state index contributed by atoms with van der Waals surface area (Å²) in [4.78, 5) is 1.92. The van der Waals surface area contributed by atoms with E-state index >= 15 is 0 Å². The van der Waals surface area contributed by atoms with Crippen LogP contribution in [-0.2, 0) is 6.54 Å². The maximum atomic E-state index is 13.5. The molecular formula is C15H25FN2O. The summed E-state index contributed by atoms with van der Waals surface area (Å²) in [5, 5.41) is 13.2. The van der Waals surface area contributed by atoms with E-state index in [0.717, 1.165) is 0 Å². The molecule has 0 spiro atoms. The standard InChI is InChI=1S/C15H25FN2O/c1-15(2,3)17-9-13(19)11-18(4)10-12-7-5-6-8-14(12)16/h5-8,13,17,19H,9-11H2,1-4H3. The molecule has 4 heteroatoms. The van der Waals surface area contributed by atoms with E-state index in [2.05, 4.69) is 26.1 Å². The third-order valence-electron chi connectivity index (χ3n) is 2.79. The summed E-state index contributed by atoms with van der Waals surface area (Å²) in [6, 6.07) is 6.73. The minimum Gasteiger partial charge on any atom is -0.390 e. The Hall–Kier alpha value is -0.970. The number of benzene rings is 1. The SMILES string of the molecule is CN(Cc1ccccc1F)CC(O)CNC(C)(C)C. The van der Waals surface area contributed by atoms with Crippen LogP contribution in [0, 0.1) is 5.82 Å². The first kappa shape index (κ1) is 16.1. The average Bonchev–Trinajstić information content (AvgIpc) is 2.29. The van der Waals surface area contributed by atoms with E-state index in [4.69, 9.17) is 0 Å². The van der Waals surface area contributed by atoms with Crippen LogP contribution >= 0.6 is 0 Å². The molecule has 1 aromatic rings. The van der Waals surface area contributed by atoms with Crippen LogP contribution in [0.4, 0.5) is 4.39 Å². The smallest absolute Gasteiger partial charge is 0.127 e. The summed E-state index contributed by atoms with van der Waals surface area (Å²) in [6.45, 7) is 7.72. The van der Waals surface area contributed by atoms with Crippen molar-refractivity contribution in [2.45, 2.75) is 39.0 Å². The summed E-state index contributed by atoms with van der Waals surface area (Å²) in [6.07, 6.45) is -0.462. The Kier molecular flexibility index (Phi) is 5.91. The van der Waals surface area contributed by atoms with E-state index in [9.17, 15) is 9.50 Å². The fourth-order valence-electron chi connectivity index (χ4n) is 1.83. The second-order valence-corrected chi connectivity index (χ2v) is 6.07. The number of aliphatic hydroxyl groups is 1. The van der Waals surface area contributed by atoms with Gasteiger partial charge in [0.1, 0.15) is 5.82 Å². The highest BCUT2D eigenvalue weighted by Gasteiger charge is 2.14. The number of rotatable bonds is 6. The molecule has 0 amide bonds. The summed E-state index contributed by atoms with van der Waals surface area (Å²) < 4.78 is 13.5. The van der Waals surface area contributed by atoms with Gasteiger partial charge in [-0.1, -0.05) is 18.2 Å². The number of nitrogens with zero attached hydrogens (tertiary/aromatic N) is 1. The second-order valence-electron chi connectivity index (χ2n) is 6.07. The second kappa shape index (κ2) is 6.98. The van der Waals surface area contributed by atoms with Gasteiger partial charge in [0.15, 0.2) is 0 Å². The van der Waals surface area contributed by atoms with Gasteiger partial charge in [-0.3, -0.25) is 4.90 Å². The van der Waals surface area contributed by atoms with Crippen molar-refractivity contribution in [2.75, 3.05) is 20.1 Å². The summed E-state index contributed by atoms with van der Waals surface area (Å²) >= 11 is 0. The van der Waals surface area contributed by atoms with Gasteiger partial charge in [0.05, 0.1) is 6.10 Å². The van der Waals surface area contributed by atoms with Crippen LogP contribution in [0.1, 0.15) is 26.3 Å². The lowest BCUT2D eigenvalue weighted by Crippen LogP contribution is -2.44. The molecule has 3 nitrogen and oxygen atoms in total. The first-order valence-corrected chi connectivity index (χ1v) is 6.63. The molecule has 108 valence electrons. The third kappa shape index (κ3) is 6.66. The highest BCUT2D eigenvalue weighted by atomic mass is 19.1. The van der Waals surface area contributed by atoms with E-state index in [1.165, 1.54) is 6.07 Å². The van der Waals surface area contributed by atoms with Gasteiger partial charge >= 0.3 is 0 Å². The van der Waals surface area contributed by atoms with Gasteiger partial charge in [-0.25, -0.2) is 4.39 Å². The zero-order valence-corrected chi connectivity index (χ0v) is 12.3. The molecule has 0 aliphatic rings. The lowest BCUT2D eigenvalue weighted by atomic mass is 10.1. The Morgan fingerprint density at radius 3 is 2.53 bits per heavy atom. The number of nitrogens with one attached hydrogen (secondary N) is 1. The number of hydrogen-bond acceptors (Lipinski definition) is 3. The molecule has 0 radical (unpaired) electrons. The average molecular weight is 268 g/mol. The van der Waals surface area contributed by atoms with Crippen molar-refractivity contribution in [3.63, 3.8) is 0 Å². The molecule has 1 unspecified atom stereocenters. The van der Waals surface area contributed by atoms with Crippen LogP contribution in [0.3, 0.4) is 0 Å². The van der Waals surface area contributed by atoms with E-state index in [1.54, 1.807) is 12.1 Å². The Balaban J connectivity index is 2.39. The van der Waals surface area contributed by atoms with Gasteiger partial charge in [-0.2, -0.15) is 0 Å². The van der Waals surface area contributed by atoms with Gasteiger partial charge in [-0.15, -0.1) is 0 Å². The number of halogens is 1.